The number of rotatable bonds is 4. The van der Waals surface area contributed by atoms with Crippen LogP contribution in [-0.2, 0) is 6.54 Å². The quantitative estimate of drug-likeness (QED) is 0.915. The first-order valence-corrected chi connectivity index (χ1v) is 8.18. The topological polar surface area (TPSA) is 78.3 Å². The van der Waals surface area contributed by atoms with Gasteiger partial charge in [-0.05, 0) is 19.8 Å². The summed E-state index contributed by atoms with van der Waals surface area (Å²) in [4.78, 5) is 23.9. The molecule has 23 heavy (non-hydrogen) atoms. The summed E-state index contributed by atoms with van der Waals surface area (Å²) >= 11 is 0. The molecule has 1 aliphatic heterocycles. The lowest BCUT2D eigenvalue weighted by atomic mass is 10.2. The minimum atomic E-state index is -0.0449. The Morgan fingerprint density at radius 2 is 2.04 bits per heavy atom. The Balaban J connectivity index is 1.40. The van der Waals surface area contributed by atoms with Crippen molar-refractivity contribution in [1.82, 2.24) is 20.0 Å². The van der Waals surface area contributed by atoms with Gasteiger partial charge in [-0.25, -0.2) is 4.98 Å². The number of aromatic amines is 1. The molecule has 2 aliphatic rings. The number of hydrogen-bond acceptors (Lipinski definition) is 6. The van der Waals surface area contributed by atoms with Crippen LogP contribution in [0.3, 0.4) is 0 Å². The molecule has 0 bridgehead atoms. The predicted octanol–water partition coefficient (Wildman–Crippen LogP) is 1.27. The van der Waals surface area contributed by atoms with E-state index in [4.69, 9.17) is 4.52 Å². The van der Waals surface area contributed by atoms with Crippen LogP contribution in [0.5, 0.6) is 0 Å². The average Bonchev–Trinajstić information content (AvgIpc) is 3.31. The molecule has 1 N–H and O–H groups in total. The molecule has 1 saturated carbocycles. The van der Waals surface area contributed by atoms with Gasteiger partial charge in [0.1, 0.15) is 0 Å². The van der Waals surface area contributed by atoms with Crippen LogP contribution in [0.25, 0.3) is 0 Å². The third-order valence-electron chi connectivity index (χ3n) is 4.47. The van der Waals surface area contributed by atoms with E-state index in [1.807, 2.05) is 13.0 Å². The first-order chi connectivity index (χ1) is 11.2. The van der Waals surface area contributed by atoms with Crippen molar-refractivity contribution in [3.63, 3.8) is 0 Å². The maximum absolute atomic E-state index is 11.8. The molecule has 0 spiro atoms. The molecule has 2 aromatic rings. The lowest BCUT2D eigenvalue weighted by molar-refractivity contribution is 0.218. The third-order valence-corrected chi connectivity index (χ3v) is 4.47. The standard InChI is InChI=1S/C16H21N5O2/c1-11-8-13(23-19-11)10-20-4-6-21(7-5-20)16-17-14(12-2-3-12)9-15(22)18-16/h8-9,12H,2-7,10H2,1H3,(H,17,18,22). The average molecular weight is 315 g/mol. The number of aryl methyl sites for hydroxylation is 1. The monoisotopic (exact) mass is 315 g/mol. The summed E-state index contributed by atoms with van der Waals surface area (Å²) in [5.41, 5.74) is 1.82. The van der Waals surface area contributed by atoms with E-state index in [0.717, 1.165) is 68.7 Å². The van der Waals surface area contributed by atoms with E-state index >= 15 is 0 Å². The molecule has 2 fully saturated rings. The van der Waals surface area contributed by atoms with Crippen molar-refractivity contribution < 1.29 is 4.52 Å². The van der Waals surface area contributed by atoms with Gasteiger partial charge in [0.2, 0.25) is 5.95 Å². The second-order valence-electron chi connectivity index (χ2n) is 6.47. The van der Waals surface area contributed by atoms with Crippen LogP contribution < -0.4 is 10.5 Å². The number of hydrogen-bond donors (Lipinski definition) is 1. The maximum atomic E-state index is 11.8. The van der Waals surface area contributed by atoms with Crippen LogP contribution in [0, 0.1) is 6.92 Å². The fraction of sp³-hybridized carbons (Fsp3) is 0.562. The van der Waals surface area contributed by atoms with Gasteiger partial charge in [-0.1, -0.05) is 5.16 Å². The second kappa shape index (κ2) is 5.81. The van der Waals surface area contributed by atoms with Gasteiger partial charge in [-0.15, -0.1) is 0 Å². The largest absolute Gasteiger partial charge is 0.360 e. The van der Waals surface area contributed by atoms with E-state index < -0.39 is 0 Å². The summed E-state index contributed by atoms with van der Waals surface area (Å²) in [7, 11) is 0. The Bertz CT molecular complexity index is 741. The van der Waals surface area contributed by atoms with Gasteiger partial charge in [-0.2, -0.15) is 0 Å². The van der Waals surface area contributed by atoms with E-state index in [-0.39, 0.29) is 5.56 Å². The van der Waals surface area contributed by atoms with Crippen molar-refractivity contribution in [3.05, 3.63) is 39.6 Å². The second-order valence-corrected chi connectivity index (χ2v) is 6.47. The normalized spacial score (nSPS) is 19.3. The van der Waals surface area contributed by atoms with Gasteiger partial charge in [0.05, 0.1) is 17.9 Å². The van der Waals surface area contributed by atoms with Crippen molar-refractivity contribution >= 4 is 5.95 Å². The van der Waals surface area contributed by atoms with Crippen LogP contribution >= 0.6 is 0 Å². The number of nitrogens with one attached hydrogen (secondary N) is 1. The molecule has 0 radical (unpaired) electrons. The van der Waals surface area contributed by atoms with Crippen molar-refractivity contribution in [2.45, 2.75) is 32.2 Å². The van der Waals surface area contributed by atoms with Gasteiger partial charge in [0.15, 0.2) is 5.76 Å². The highest BCUT2D eigenvalue weighted by molar-refractivity contribution is 5.32. The van der Waals surface area contributed by atoms with E-state index in [1.54, 1.807) is 6.07 Å². The zero-order valence-corrected chi connectivity index (χ0v) is 13.3. The van der Waals surface area contributed by atoms with E-state index in [2.05, 4.69) is 24.9 Å². The molecule has 3 heterocycles. The first-order valence-electron chi connectivity index (χ1n) is 8.18. The molecule has 0 aromatic carbocycles. The summed E-state index contributed by atoms with van der Waals surface area (Å²) in [6.45, 7) is 6.24. The summed E-state index contributed by atoms with van der Waals surface area (Å²) in [6.07, 6.45) is 2.31. The van der Waals surface area contributed by atoms with E-state index in [9.17, 15) is 4.79 Å². The molecule has 0 amide bonds. The highest BCUT2D eigenvalue weighted by Gasteiger charge is 2.27. The fourth-order valence-electron chi connectivity index (χ4n) is 3.03. The zero-order valence-electron chi connectivity index (χ0n) is 13.3. The Morgan fingerprint density at radius 3 is 2.70 bits per heavy atom. The van der Waals surface area contributed by atoms with Crippen molar-refractivity contribution in [1.29, 1.82) is 0 Å². The van der Waals surface area contributed by atoms with Gasteiger partial charge in [0.25, 0.3) is 5.56 Å². The first kappa shape index (κ1) is 14.4. The summed E-state index contributed by atoms with van der Waals surface area (Å²) in [5, 5.41) is 3.92. The molecule has 2 aromatic heterocycles. The van der Waals surface area contributed by atoms with Crippen molar-refractivity contribution in [3.8, 4) is 0 Å². The smallest absolute Gasteiger partial charge is 0.252 e. The molecule has 0 atom stereocenters. The third kappa shape index (κ3) is 3.29. The molecule has 122 valence electrons. The Hall–Kier alpha value is -2.15. The van der Waals surface area contributed by atoms with Crippen molar-refractivity contribution in [2.24, 2.45) is 0 Å². The van der Waals surface area contributed by atoms with Gasteiger partial charge in [0, 0.05) is 44.2 Å². The van der Waals surface area contributed by atoms with E-state index in [1.165, 1.54) is 0 Å². The fourth-order valence-corrected chi connectivity index (χ4v) is 3.03. The maximum Gasteiger partial charge on any atom is 0.252 e. The predicted molar refractivity (Wildman–Crippen MR) is 85.6 cm³/mol. The van der Waals surface area contributed by atoms with Crippen LogP contribution in [0.4, 0.5) is 5.95 Å². The number of nitrogens with zero attached hydrogens (tertiary/aromatic N) is 4. The molecular formula is C16H21N5O2. The number of anilines is 1. The van der Waals surface area contributed by atoms with Crippen LogP contribution in [-0.4, -0.2) is 46.2 Å². The SMILES string of the molecule is Cc1cc(CN2CCN(c3nc(C4CC4)cc(=O)[nH]3)CC2)on1. The molecule has 1 aliphatic carbocycles. The van der Waals surface area contributed by atoms with Crippen LogP contribution in [0.1, 0.15) is 35.9 Å². The van der Waals surface area contributed by atoms with Gasteiger partial charge in [-0.3, -0.25) is 14.7 Å². The molecule has 7 heteroatoms. The van der Waals surface area contributed by atoms with E-state index in [0.29, 0.717) is 5.92 Å². The molecule has 0 unspecified atom stereocenters. The van der Waals surface area contributed by atoms with Gasteiger partial charge >= 0.3 is 0 Å². The lowest BCUT2D eigenvalue weighted by Gasteiger charge is -2.34. The minimum absolute atomic E-state index is 0.0449. The summed E-state index contributed by atoms with van der Waals surface area (Å²) in [6, 6.07) is 3.62. The Morgan fingerprint density at radius 1 is 1.26 bits per heavy atom. The Labute approximate surface area is 134 Å². The van der Waals surface area contributed by atoms with Crippen LogP contribution in [0.15, 0.2) is 21.5 Å². The highest BCUT2D eigenvalue weighted by atomic mass is 16.5. The minimum Gasteiger partial charge on any atom is -0.360 e. The number of aromatic nitrogens is 3. The molecule has 4 rings (SSSR count). The molecule has 7 nitrogen and oxygen atoms in total. The summed E-state index contributed by atoms with van der Waals surface area (Å²) < 4.78 is 5.28. The number of H-pyrrole nitrogens is 1. The Kier molecular flexibility index (Phi) is 3.65. The zero-order chi connectivity index (χ0) is 15.8. The number of piperazine rings is 1. The van der Waals surface area contributed by atoms with Gasteiger partial charge < -0.3 is 9.42 Å². The van der Waals surface area contributed by atoms with Crippen LogP contribution in [0.2, 0.25) is 0 Å². The molecule has 1 saturated heterocycles. The lowest BCUT2D eigenvalue weighted by Crippen LogP contribution is -2.47. The highest BCUT2D eigenvalue weighted by Crippen LogP contribution is 2.38. The van der Waals surface area contributed by atoms with Crippen molar-refractivity contribution in [2.75, 3.05) is 31.1 Å². The molecular weight excluding hydrogens is 294 g/mol. The summed E-state index contributed by atoms with van der Waals surface area (Å²) in [5.74, 6) is 2.11.